The lowest BCUT2D eigenvalue weighted by Gasteiger charge is -2.19. The molecule has 2 rings (SSSR count). The summed E-state index contributed by atoms with van der Waals surface area (Å²) in [5.41, 5.74) is -0.746. The number of amides is 1. The molecule has 9 heteroatoms. The molecule has 1 atom stereocenters. The third kappa shape index (κ3) is 5.91. The van der Waals surface area contributed by atoms with Gasteiger partial charge >= 0.3 is 11.8 Å². The first kappa shape index (κ1) is 17.9. The minimum absolute atomic E-state index is 0.0736. The minimum Gasteiger partial charge on any atom is -0.444 e. The largest absolute Gasteiger partial charge is 0.444 e. The number of rotatable bonds is 6. The van der Waals surface area contributed by atoms with Gasteiger partial charge in [-0.1, -0.05) is 11.8 Å². The Bertz CT molecular complexity index is 572. The van der Waals surface area contributed by atoms with Crippen LogP contribution in [0.2, 0.25) is 0 Å². The van der Waals surface area contributed by atoms with Gasteiger partial charge in [-0.2, -0.15) is 0 Å². The van der Waals surface area contributed by atoms with Crippen LogP contribution in [0.1, 0.15) is 33.6 Å². The zero-order chi connectivity index (χ0) is 16.9. The van der Waals surface area contributed by atoms with Gasteiger partial charge in [-0.15, -0.1) is 5.10 Å². The second-order valence-electron chi connectivity index (χ2n) is 6.33. The van der Waals surface area contributed by atoms with Crippen LogP contribution < -0.4 is 11.0 Å². The highest BCUT2D eigenvalue weighted by molar-refractivity contribution is 7.99. The highest BCUT2D eigenvalue weighted by Crippen LogP contribution is 2.17. The molecule has 8 nitrogen and oxygen atoms in total. The zero-order valence-electron chi connectivity index (χ0n) is 13.8. The second kappa shape index (κ2) is 7.87. The van der Waals surface area contributed by atoms with E-state index in [1.54, 1.807) is 4.57 Å². The van der Waals surface area contributed by atoms with Crippen LogP contribution in [0.3, 0.4) is 0 Å². The summed E-state index contributed by atoms with van der Waals surface area (Å²) in [5, 5.41) is 9.77. The van der Waals surface area contributed by atoms with Gasteiger partial charge in [0.1, 0.15) is 5.60 Å². The number of alkyl carbamates (subject to hydrolysis) is 1. The van der Waals surface area contributed by atoms with Crippen molar-refractivity contribution in [1.29, 1.82) is 0 Å². The first-order chi connectivity index (χ1) is 10.8. The van der Waals surface area contributed by atoms with E-state index in [-0.39, 0.29) is 11.8 Å². The van der Waals surface area contributed by atoms with Crippen molar-refractivity contribution in [3.63, 3.8) is 0 Å². The molecule has 0 saturated carbocycles. The van der Waals surface area contributed by atoms with E-state index >= 15 is 0 Å². The standard InChI is InChI=1S/C14H24N4O4S/c1-14(2,3)22-13(20)15-6-8-23-12-17-16-11(19)18(12)9-10-5-4-7-21-10/h10H,4-9H2,1-3H3,(H,15,20)(H,16,19)/t10-/m1/s1. The number of nitrogens with zero attached hydrogens (tertiary/aromatic N) is 2. The molecule has 23 heavy (non-hydrogen) atoms. The number of carbonyl (C=O) groups excluding carboxylic acids is 1. The molecular weight excluding hydrogens is 320 g/mol. The van der Waals surface area contributed by atoms with Crippen molar-refractivity contribution in [3.05, 3.63) is 10.5 Å². The fourth-order valence-corrected chi connectivity index (χ4v) is 2.99. The van der Waals surface area contributed by atoms with Gasteiger partial charge < -0.3 is 14.8 Å². The lowest BCUT2D eigenvalue weighted by atomic mass is 10.2. The van der Waals surface area contributed by atoms with Crippen LogP contribution in [-0.4, -0.2) is 51.5 Å². The number of hydrogen-bond acceptors (Lipinski definition) is 6. The van der Waals surface area contributed by atoms with Crippen molar-refractivity contribution in [2.24, 2.45) is 0 Å². The topological polar surface area (TPSA) is 98.2 Å². The van der Waals surface area contributed by atoms with E-state index in [9.17, 15) is 9.59 Å². The Kier molecular flexibility index (Phi) is 6.11. The Morgan fingerprint density at radius 2 is 2.35 bits per heavy atom. The molecule has 0 radical (unpaired) electrons. The summed E-state index contributed by atoms with van der Waals surface area (Å²) in [7, 11) is 0. The Balaban J connectivity index is 1.77. The van der Waals surface area contributed by atoms with E-state index in [0.717, 1.165) is 19.4 Å². The Hall–Kier alpha value is -1.48. The highest BCUT2D eigenvalue weighted by Gasteiger charge is 2.20. The maximum Gasteiger partial charge on any atom is 0.407 e. The first-order valence-electron chi connectivity index (χ1n) is 7.71. The molecule has 1 aromatic heterocycles. The van der Waals surface area contributed by atoms with Crippen LogP contribution in [0.25, 0.3) is 0 Å². The third-order valence-corrected chi connectivity index (χ3v) is 4.11. The van der Waals surface area contributed by atoms with E-state index < -0.39 is 11.7 Å². The van der Waals surface area contributed by atoms with Crippen LogP contribution in [0, 0.1) is 0 Å². The van der Waals surface area contributed by atoms with Gasteiger partial charge in [0.15, 0.2) is 5.16 Å². The van der Waals surface area contributed by atoms with Gasteiger partial charge in [-0.25, -0.2) is 14.7 Å². The van der Waals surface area contributed by atoms with Crippen LogP contribution in [0.4, 0.5) is 4.79 Å². The molecule has 0 aromatic carbocycles. The van der Waals surface area contributed by atoms with E-state index in [1.165, 1.54) is 11.8 Å². The SMILES string of the molecule is CC(C)(C)OC(=O)NCCSc1n[nH]c(=O)n1C[C@H]1CCCO1. The molecule has 1 saturated heterocycles. The van der Waals surface area contributed by atoms with Crippen molar-refractivity contribution in [1.82, 2.24) is 20.1 Å². The van der Waals surface area contributed by atoms with Crippen LogP contribution in [-0.2, 0) is 16.0 Å². The van der Waals surface area contributed by atoms with Crippen molar-refractivity contribution in [2.75, 3.05) is 18.9 Å². The van der Waals surface area contributed by atoms with Gasteiger partial charge in [0.2, 0.25) is 0 Å². The summed E-state index contributed by atoms with van der Waals surface area (Å²) in [6.45, 7) is 7.13. The predicted octanol–water partition coefficient (Wildman–Crippen LogP) is 1.37. The van der Waals surface area contributed by atoms with Crippen molar-refractivity contribution in [2.45, 2.75) is 57.0 Å². The Morgan fingerprint density at radius 1 is 1.57 bits per heavy atom. The van der Waals surface area contributed by atoms with E-state index in [0.29, 0.717) is 24.0 Å². The quantitative estimate of drug-likeness (QED) is 0.597. The molecule has 0 unspecified atom stereocenters. The average molecular weight is 344 g/mol. The summed E-state index contributed by atoms with van der Waals surface area (Å²) in [4.78, 5) is 23.3. The fraction of sp³-hybridized carbons (Fsp3) is 0.786. The first-order valence-corrected chi connectivity index (χ1v) is 8.70. The van der Waals surface area contributed by atoms with Crippen LogP contribution in [0.5, 0.6) is 0 Å². The number of nitrogens with one attached hydrogen (secondary N) is 2. The Morgan fingerprint density at radius 3 is 3.00 bits per heavy atom. The number of aromatic amines is 1. The molecule has 0 bridgehead atoms. The molecule has 2 N–H and O–H groups in total. The van der Waals surface area contributed by atoms with Crippen LogP contribution >= 0.6 is 11.8 Å². The van der Waals surface area contributed by atoms with Crippen LogP contribution in [0.15, 0.2) is 9.95 Å². The zero-order valence-corrected chi connectivity index (χ0v) is 14.6. The maximum absolute atomic E-state index is 11.8. The summed E-state index contributed by atoms with van der Waals surface area (Å²) in [6.07, 6.45) is 1.61. The lowest BCUT2D eigenvalue weighted by molar-refractivity contribution is 0.0531. The smallest absolute Gasteiger partial charge is 0.407 e. The number of ether oxygens (including phenoxy) is 2. The second-order valence-corrected chi connectivity index (χ2v) is 7.40. The molecule has 1 aliphatic heterocycles. The molecule has 130 valence electrons. The lowest BCUT2D eigenvalue weighted by Crippen LogP contribution is -2.33. The van der Waals surface area contributed by atoms with Gasteiger partial charge in [0.05, 0.1) is 12.6 Å². The van der Waals surface area contributed by atoms with Gasteiger partial charge in [0.25, 0.3) is 0 Å². The van der Waals surface area contributed by atoms with E-state index in [4.69, 9.17) is 9.47 Å². The molecule has 1 amide bonds. The summed E-state index contributed by atoms with van der Waals surface area (Å²) >= 11 is 1.41. The number of hydrogen-bond donors (Lipinski definition) is 2. The summed E-state index contributed by atoms with van der Waals surface area (Å²) in [5.74, 6) is 0.592. The molecule has 2 heterocycles. The average Bonchev–Trinajstić information content (AvgIpc) is 3.06. The molecule has 1 fully saturated rings. The summed E-state index contributed by atoms with van der Waals surface area (Å²) < 4.78 is 12.3. The number of carbonyl (C=O) groups is 1. The monoisotopic (exact) mass is 344 g/mol. The van der Waals surface area contributed by atoms with Gasteiger partial charge in [-0.05, 0) is 33.6 Å². The molecule has 1 aromatic rings. The van der Waals surface area contributed by atoms with Gasteiger partial charge in [0, 0.05) is 18.9 Å². The number of thioether (sulfide) groups is 1. The highest BCUT2D eigenvalue weighted by atomic mass is 32.2. The molecule has 0 aliphatic carbocycles. The Labute approximate surface area is 139 Å². The third-order valence-electron chi connectivity index (χ3n) is 3.13. The molecular formula is C14H24N4O4S. The predicted molar refractivity (Wildman–Crippen MR) is 86.8 cm³/mol. The van der Waals surface area contributed by atoms with Crippen molar-refractivity contribution in [3.8, 4) is 0 Å². The number of H-pyrrole nitrogens is 1. The normalized spacial score (nSPS) is 18.1. The molecule has 0 spiro atoms. The van der Waals surface area contributed by atoms with E-state index in [1.807, 2.05) is 20.8 Å². The molecule has 1 aliphatic rings. The van der Waals surface area contributed by atoms with E-state index in [2.05, 4.69) is 15.5 Å². The van der Waals surface area contributed by atoms with Crippen molar-refractivity contribution < 1.29 is 14.3 Å². The number of aromatic nitrogens is 3. The fourth-order valence-electron chi connectivity index (χ4n) is 2.18. The summed E-state index contributed by atoms with van der Waals surface area (Å²) in [6, 6.07) is 0. The minimum atomic E-state index is -0.513. The maximum atomic E-state index is 11.8. The van der Waals surface area contributed by atoms with Crippen molar-refractivity contribution >= 4 is 17.9 Å². The van der Waals surface area contributed by atoms with Gasteiger partial charge in [-0.3, -0.25) is 4.57 Å².